The number of aryl methyl sites for hydroxylation is 1. The van der Waals surface area contributed by atoms with E-state index in [-0.39, 0.29) is 12.1 Å². The molecule has 1 aliphatic heterocycles. The number of nitrogens with zero attached hydrogens (tertiary/aromatic N) is 2. The van der Waals surface area contributed by atoms with Crippen LogP contribution in [0.5, 0.6) is 5.88 Å². The lowest BCUT2D eigenvalue weighted by atomic mass is 10.0. The molecule has 0 bridgehead atoms. The number of methoxy groups -OCH3 is 1. The van der Waals surface area contributed by atoms with E-state index in [0.29, 0.717) is 35.7 Å². The molecule has 0 unspecified atom stereocenters. The number of rotatable bonds is 4. The molecule has 1 fully saturated rings. The fourth-order valence-electron chi connectivity index (χ4n) is 2.62. The van der Waals surface area contributed by atoms with E-state index in [1.807, 2.05) is 0 Å². The Balaban J connectivity index is 1.98. The van der Waals surface area contributed by atoms with Crippen molar-refractivity contribution in [2.45, 2.75) is 13.5 Å². The molecule has 0 saturated carbocycles. The summed E-state index contributed by atoms with van der Waals surface area (Å²) in [4.78, 5) is 17.3. The number of aromatic nitrogens is 1. The summed E-state index contributed by atoms with van der Waals surface area (Å²) in [6, 6.07) is 4.43. The number of pyridine rings is 1. The highest BCUT2D eigenvalue weighted by Crippen LogP contribution is 2.28. The summed E-state index contributed by atoms with van der Waals surface area (Å²) in [6.07, 6.45) is 1.13. The number of cyclic esters (lactones) is 1. The summed E-state index contributed by atoms with van der Waals surface area (Å²) in [6.45, 7) is 2.60. The van der Waals surface area contributed by atoms with Crippen LogP contribution >= 0.6 is 0 Å². The number of hydrogen-bond donors (Lipinski definition) is 0. The fourth-order valence-corrected chi connectivity index (χ4v) is 2.62. The van der Waals surface area contributed by atoms with E-state index in [2.05, 4.69) is 4.98 Å². The van der Waals surface area contributed by atoms with Gasteiger partial charge in [-0.25, -0.2) is 18.6 Å². The Kier molecular flexibility index (Phi) is 4.33. The van der Waals surface area contributed by atoms with Gasteiger partial charge in [0.2, 0.25) is 5.88 Å². The molecule has 1 amide bonds. The summed E-state index contributed by atoms with van der Waals surface area (Å²) in [5.74, 6) is -1.40. The average Bonchev–Trinajstić information content (AvgIpc) is 2.97. The van der Waals surface area contributed by atoms with Crippen LogP contribution in [0.3, 0.4) is 0 Å². The van der Waals surface area contributed by atoms with Crippen molar-refractivity contribution in [3.8, 4) is 17.0 Å². The molecule has 0 radical (unpaired) electrons. The van der Waals surface area contributed by atoms with Crippen LogP contribution in [0.4, 0.5) is 13.6 Å². The number of halogens is 2. The molecule has 0 N–H and O–H groups in total. The lowest BCUT2D eigenvalue weighted by Crippen LogP contribution is -2.24. The monoisotopic (exact) mass is 334 g/mol. The molecule has 5 nitrogen and oxygen atoms in total. The molecule has 0 aliphatic carbocycles. The minimum absolute atomic E-state index is 0.213. The molecular formula is C17H16F2N2O3. The molecule has 0 atom stereocenters. The van der Waals surface area contributed by atoms with Crippen LogP contribution in [0.25, 0.3) is 11.1 Å². The van der Waals surface area contributed by atoms with E-state index in [0.717, 1.165) is 6.07 Å². The van der Waals surface area contributed by atoms with Gasteiger partial charge in [-0.1, -0.05) is 0 Å². The van der Waals surface area contributed by atoms with Gasteiger partial charge in [0.1, 0.15) is 6.61 Å². The third-order valence-corrected chi connectivity index (χ3v) is 3.87. The van der Waals surface area contributed by atoms with Crippen LogP contribution in [-0.4, -0.2) is 36.2 Å². The summed E-state index contributed by atoms with van der Waals surface area (Å²) in [7, 11) is 1.48. The third kappa shape index (κ3) is 3.02. The van der Waals surface area contributed by atoms with E-state index < -0.39 is 17.7 Å². The summed E-state index contributed by atoms with van der Waals surface area (Å²) < 4.78 is 37.3. The second-order valence-electron chi connectivity index (χ2n) is 5.52. The number of hydrogen-bond acceptors (Lipinski definition) is 4. The number of carbonyl (C=O) groups excluding carboxylic acids is 1. The first-order valence-electron chi connectivity index (χ1n) is 7.40. The van der Waals surface area contributed by atoms with Crippen molar-refractivity contribution in [3.05, 3.63) is 47.2 Å². The van der Waals surface area contributed by atoms with Gasteiger partial charge in [-0.05, 0) is 36.2 Å². The first-order chi connectivity index (χ1) is 11.5. The van der Waals surface area contributed by atoms with Crippen molar-refractivity contribution in [1.29, 1.82) is 0 Å². The second-order valence-corrected chi connectivity index (χ2v) is 5.52. The van der Waals surface area contributed by atoms with Crippen molar-refractivity contribution in [2.24, 2.45) is 0 Å². The lowest BCUT2D eigenvalue weighted by Gasteiger charge is -2.16. The van der Waals surface area contributed by atoms with Gasteiger partial charge in [0.05, 0.1) is 20.2 Å². The quantitative estimate of drug-likeness (QED) is 0.861. The van der Waals surface area contributed by atoms with Gasteiger partial charge in [0, 0.05) is 17.3 Å². The molecular weight excluding hydrogens is 318 g/mol. The highest BCUT2D eigenvalue weighted by molar-refractivity contribution is 5.70. The van der Waals surface area contributed by atoms with Gasteiger partial charge in [-0.2, -0.15) is 0 Å². The van der Waals surface area contributed by atoms with Gasteiger partial charge in [0.25, 0.3) is 0 Å². The Hall–Kier alpha value is -2.70. The maximum atomic E-state index is 13.7. The van der Waals surface area contributed by atoms with Crippen LogP contribution in [0.1, 0.15) is 11.1 Å². The molecule has 2 heterocycles. The molecule has 7 heteroatoms. The predicted octanol–water partition coefficient (Wildman–Crippen LogP) is 3.30. The molecule has 1 aromatic heterocycles. The zero-order chi connectivity index (χ0) is 17.3. The summed E-state index contributed by atoms with van der Waals surface area (Å²) in [5.41, 5.74) is 1.99. The van der Waals surface area contributed by atoms with Crippen molar-refractivity contribution in [1.82, 2.24) is 9.88 Å². The lowest BCUT2D eigenvalue weighted by molar-refractivity contribution is 0.157. The molecule has 1 aliphatic rings. The number of carbonyl (C=O) groups is 1. The standard InChI is InChI=1S/C17H16F2N2O3/c1-10-5-11(7-14(18)15(10)19)12-6-13(16(23-2)20-8-12)9-21-3-4-24-17(21)22/h5-8H,3-4,9H2,1-2H3. The Morgan fingerprint density at radius 2 is 2.08 bits per heavy atom. The van der Waals surface area contributed by atoms with Gasteiger partial charge in [-0.3, -0.25) is 0 Å². The van der Waals surface area contributed by atoms with Gasteiger partial charge < -0.3 is 14.4 Å². The fraction of sp³-hybridized carbons (Fsp3) is 0.294. The molecule has 126 valence electrons. The Bertz CT molecular complexity index is 772. The molecule has 1 saturated heterocycles. The van der Waals surface area contributed by atoms with E-state index in [4.69, 9.17) is 9.47 Å². The highest BCUT2D eigenvalue weighted by Gasteiger charge is 2.23. The van der Waals surface area contributed by atoms with Gasteiger partial charge >= 0.3 is 6.09 Å². The predicted molar refractivity (Wildman–Crippen MR) is 82.6 cm³/mol. The SMILES string of the molecule is COc1ncc(-c2cc(C)c(F)c(F)c2)cc1CN1CCOC1=O. The maximum absolute atomic E-state index is 13.7. The van der Waals surface area contributed by atoms with E-state index >= 15 is 0 Å². The highest BCUT2D eigenvalue weighted by atomic mass is 19.2. The average molecular weight is 334 g/mol. The maximum Gasteiger partial charge on any atom is 0.410 e. The van der Waals surface area contributed by atoms with Crippen molar-refractivity contribution >= 4 is 6.09 Å². The summed E-state index contributed by atoms with van der Waals surface area (Å²) in [5, 5.41) is 0. The first-order valence-corrected chi connectivity index (χ1v) is 7.40. The topological polar surface area (TPSA) is 51.7 Å². The van der Waals surface area contributed by atoms with Crippen LogP contribution in [0, 0.1) is 18.6 Å². The largest absolute Gasteiger partial charge is 0.481 e. The van der Waals surface area contributed by atoms with Crippen LogP contribution in [-0.2, 0) is 11.3 Å². The van der Waals surface area contributed by atoms with E-state index in [9.17, 15) is 13.6 Å². The smallest absolute Gasteiger partial charge is 0.410 e. The Morgan fingerprint density at radius 1 is 1.29 bits per heavy atom. The van der Waals surface area contributed by atoms with Crippen LogP contribution in [0.15, 0.2) is 24.4 Å². The van der Waals surface area contributed by atoms with Crippen molar-refractivity contribution < 1.29 is 23.0 Å². The normalized spacial score (nSPS) is 14.0. The van der Waals surface area contributed by atoms with Crippen LogP contribution in [0.2, 0.25) is 0 Å². The van der Waals surface area contributed by atoms with Gasteiger partial charge in [-0.15, -0.1) is 0 Å². The molecule has 2 aromatic rings. The molecule has 24 heavy (non-hydrogen) atoms. The zero-order valence-corrected chi connectivity index (χ0v) is 13.3. The van der Waals surface area contributed by atoms with Gasteiger partial charge in [0.15, 0.2) is 11.6 Å². The Morgan fingerprint density at radius 3 is 2.71 bits per heavy atom. The second kappa shape index (κ2) is 6.43. The molecule has 3 rings (SSSR count). The minimum Gasteiger partial charge on any atom is -0.481 e. The zero-order valence-electron chi connectivity index (χ0n) is 13.3. The van der Waals surface area contributed by atoms with E-state index in [1.165, 1.54) is 25.1 Å². The number of ether oxygens (including phenoxy) is 2. The number of amides is 1. The third-order valence-electron chi connectivity index (χ3n) is 3.87. The Labute approximate surface area is 137 Å². The van der Waals surface area contributed by atoms with E-state index in [1.54, 1.807) is 12.1 Å². The van der Waals surface area contributed by atoms with Crippen LogP contribution < -0.4 is 4.74 Å². The molecule has 0 spiro atoms. The first kappa shape index (κ1) is 16.2. The number of benzene rings is 1. The van der Waals surface area contributed by atoms with Crippen molar-refractivity contribution in [3.63, 3.8) is 0 Å². The summed E-state index contributed by atoms with van der Waals surface area (Å²) >= 11 is 0. The minimum atomic E-state index is -0.912. The van der Waals surface area contributed by atoms with Crippen molar-refractivity contribution in [2.75, 3.05) is 20.3 Å². The molecule has 1 aromatic carbocycles.